The molecule has 0 N–H and O–H groups in total. The van der Waals surface area contributed by atoms with E-state index in [1.165, 1.54) is 193 Å². The third-order valence-corrected chi connectivity index (χ3v) is 16.4. The molecule has 0 aliphatic carbocycles. The molecule has 0 spiro atoms. The van der Waals surface area contributed by atoms with Crippen molar-refractivity contribution in [3.8, 4) is 0 Å². The summed E-state index contributed by atoms with van der Waals surface area (Å²) in [7, 11) is -1.11. The zero-order valence-electron chi connectivity index (χ0n) is 31.4. The first-order valence-electron chi connectivity index (χ1n) is 21.2. The first-order valence-corrected chi connectivity index (χ1v) is 24.1. The molecule has 0 nitrogen and oxygen atoms in total. The van der Waals surface area contributed by atoms with Gasteiger partial charge in [0.1, 0.15) is 0 Å². The molecule has 1 heteroatoms. The molecule has 0 aromatic carbocycles. The summed E-state index contributed by atoms with van der Waals surface area (Å²) < 4.78 is 0. The number of hydrogen-bond donors (Lipinski definition) is 0. The Morgan fingerprint density at radius 1 is 0.186 bits per heavy atom. The molecule has 0 saturated carbocycles. The molecule has 0 aromatic rings. The van der Waals surface area contributed by atoms with Crippen LogP contribution in [0.2, 0.25) is 0 Å². The fourth-order valence-electron chi connectivity index (χ4n) is 7.64. The third-order valence-electron chi connectivity index (χ3n) is 10.7. The van der Waals surface area contributed by atoms with Crippen molar-refractivity contribution in [2.45, 2.75) is 246 Å². The van der Waals surface area contributed by atoms with Crippen LogP contribution in [0.25, 0.3) is 0 Å². The first kappa shape index (κ1) is 43.4. The van der Waals surface area contributed by atoms with Gasteiger partial charge in [0, 0.05) is 0 Å². The summed E-state index contributed by atoms with van der Waals surface area (Å²) in [6, 6.07) is 0. The van der Waals surface area contributed by atoms with Crippen LogP contribution in [-0.2, 0) is 0 Å². The first-order chi connectivity index (χ1) is 21.2. The number of unbranched alkanes of at least 4 members (excludes halogenated alkanes) is 30. The van der Waals surface area contributed by atoms with Crippen LogP contribution in [0.15, 0.2) is 0 Å². The van der Waals surface area contributed by atoms with Crippen molar-refractivity contribution in [3.05, 3.63) is 0 Å². The van der Waals surface area contributed by atoms with Gasteiger partial charge in [-0.05, 0) is 0 Å². The van der Waals surface area contributed by atoms with Crippen LogP contribution < -0.4 is 0 Å². The minimum atomic E-state index is -1.11. The molecule has 0 unspecified atom stereocenters. The molecule has 0 amide bonds. The van der Waals surface area contributed by atoms with Crippen LogP contribution in [0.4, 0.5) is 0 Å². The van der Waals surface area contributed by atoms with E-state index in [1.54, 1.807) is 50.3 Å². The van der Waals surface area contributed by atoms with Gasteiger partial charge >= 0.3 is 239 Å². The average Bonchev–Trinajstić information content (AvgIpc) is 3.02. The molecule has 262 valence electrons. The van der Waals surface area contributed by atoms with Gasteiger partial charge < -0.3 is 0 Å². The monoisotopic (exact) mass is 625 g/mol. The Balaban J connectivity index is 4.45. The van der Waals surface area contributed by atoms with E-state index in [0.29, 0.717) is 0 Å². The van der Waals surface area contributed by atoms with Crippen LogP contribution >= 0.6 is 7.26 Å². The fourth-order valence-corrected chi connectivity index (χ4v) is 13.1. The second-order valence-corrected chi connectivity index (χ2v) is 20.1. The van der Waals surface area contributed by atoms with Gasteiger partial charge in [-0.25, -0.2) is 0 Å². The third kappa shape index (κ3) is 32.2. The standard InChI is InChI=1S/C42H89P/c1-5-9-13-17-21-22-23-24-25-26-27-28-29-30-34-38-42-43(39-35-31-18-14-10-6-2,40-36-32-19-15-11-7-3)41-37-33-20-16-12-8-4/h43H,5-42H2,1-4H3. The molecule has 0 aliphatic rings. The normalized spacial score (nSPS) is 12.4. The van der Waals surface area contributed by atoms with Gasteiger partial charge in [-0.15, -0.1) is 0 Å². The summed E-state index contributed by atoms with van der Waals surface area (Å²) in [5, 5.41) is 0. The molecule has 0 bridgehead atoms. The predicted molar refractivity (Wildman–Crippen MR) is 207 cm³/mol. The van der Waals surface area contributed by atoms with Crippen molar-refractivity contribution in [3.63, 3.8) is 0 Å². The van der Waals surface area contributed by atoms with E-state index >= 15 is 0 Å². The van der Waals surface area contributed by atoms with E-state index in [1.807, 2.05) is 0 Å². The van der Waals surface area contributed by atoms with Crippen LogP contribution in [0.1, 0.15) is 246 Å². The minimum absolute atomic E-state index is 1.11. The second-order valence-electron chi connectivity index (χ2n) is 15.1. The van der Waals surface area contributed by atoms with Gasteiger partial charge in [0.05, 0.1) is 0 Å². The summed E-state index contributed by atoms with van der Waals surface area (Å²) >= 11 is 0. The second kappa shape index (κ2) is 36.9. The molecule has 0 aromatic heterocycles. The quantitative estimate of drug-likeness (QED) is 0.0473. The van der Waals surface area contributed by atoms with E-state index in [0.717, 1.165) is 0 Å². The van der Waals surface area contributed by atoms with Gasteiger partial charge in [0.15, 0.2) is 0 Å². The van der Waals surface area contributed by atoms with Gasteiger partial charge in [-0.1, -0.05) is 39.0 Å². The van der Waals surface area contributed by atoms with Crippen LogP contribution in [0.5, 0.6) is 0 Å². The Morgan fingerprint density at radius 3 is 0.488 bits per heavy atom. The number of hydrogen-bond acceptors (Lipinski definition) is 0. The Labute approximate surface area is 277 Å². The molecule has 43 heavy (non-hydrogen) atoms. The number of rotatable bonds is 38. The van der Waals surface area contributed by atoms with Crippen molar-refractivity contribution in [2.24, 2.45) is 0 Å². The van der Waals surface area contributed by atoms with Crippen molar-refractivity contribution in [1.82, 2.24) is 0 Å². The van der Waals surface area contributed by atoms with E-state index in [-0.39, 0.29) is 0 Å². The zero-order valence-corrected chi connectivity index (χ0v) is 32.4. The Bertz CT molecular complexity index is 444. The van der Waals surface area contributed by atoms with Crippen LogP contribution in [-0.4, -0.2) is 24.6 Å². The van der Waals surface area contributed by atoms with Crippen LogP contribution in [0, 0.1) is 0 Å². The Morgan fingerprint density at radius 2 is 0.326 bits per heavy atom. The molecule has 0 atom stereocenters. The van der Waals surface area contributed by atoms with E-state index in [4.69, 9.17) is 0 Å². The molecule has 0 radical (unpaired) electrons. The van der Waals surface area contributed by atoms with Crippen molar-refractivity contribution >= 4 is 7.26 Å². The van der Waals surface area contributed by atoms with Crippen molar-refractivity contribution in [2.75, 3.05) is 24.6 Å². The molecule has 0 rings (SSSR count). The van der Waals surface area contributed by atoms with Gasteiger partial charge in [-0.3, -0.25) is 0 Å². The SMILES string of the molecule is CCCCCCCCCCCCCCCCCC[PH](CCCCCCCC)(CCCCCCCC)CCCCCCCC. The molecule has 0 saturated heterocycles. The van der Waals surface area contributed by atoms with Gasteiger partial charge in [-0.2, -0.15) is 0 Å². The topological polar surface area (TPSA) is 0 Å². The summed E-state index contributed by atoms with van der Waals surface area (Å²) in [6.45, 7) is 9.39. The van der Waals surface area contributed by atoms with Gasteiger partial charge in [0.2, 0.25) is 0 Å². The average molecular weight is 625 g/mol. The Hall–Kier alpha value is 0.430. The van der Waals surface area contributed by atoms with E-state index in [9.17, 15) is 0 Å². The molecule has 0 aliphatic heterocycles. The zero-order chi connectivity index (χ0) is 31.4. The maximum absolute atomic E-state index is 2.36. The van der Waals surface area contributed by atoms with Crippen LogP contribution in [0.3, 0.4) is 0 Å². The summed E-state index contributed by atoms with van der Waals surface area (Å²) in [4.78, 5) is 0. The molecule has 0 fully saturated rings. The van der Waals surface area contributed by atoms with Crippen molar-refractivity contribution < 1.29 is 0 Å². The molecular weight excluding hydrogens is 535 g/mol. The van der Waals surface area contributed by atoms with Gasteiger partial charge in [0.25, 0.3) is 0 Å². The molecular formula is C42H89P. The summed E-state index contributed by atoms with van der Waals surface area (Å²) in [5.74, 6) is 0. The predicted octanol–water partition coefficient (Wildman–Crippen LogP) is 16.1. The summed E-state index contributed by atoms with van der Waals surface area (Å²) in [5.41, 5.74) is 0. The maximum atomic E-state index is 2.36. The van der Waals surface area contributed by atoms with E-state index < -0.39 is 7.26 Å². The fraction of sp³-hybridized carbons (Fsp3) is 1.00. The Kier molecular flexibility index (Phi) is 37.3. The molecule has 0 heterocycles. The van der Waals surface area contributed by atoms with E-state index in [2.05, 4.69) is 27.7 Å². The van der Waals surface area contributed by atoms with Crippen molar-refractivity contribution in [1.29, 1.82) is 0 Å². The summed E-state index contributed by atoms with van der Waals surface area (Å²) in [6.07, 6.45) is 57.4.